The normalized spacial score (nSPS) is 10.5. The van der Waals surface area contributed by atoms with Crippen molar-refractivity contribution in [1.82, 2.24) is 0 Å². The number of aliphatic hydroxyl groups is 1. The minimum absolute atomic E-state index is 0.322. The minimum Gasteiger partial charge on any atom is -0.508 e. The predicted molar refractivity (Wildman–Crippen MR) is 202 cm³/mol. The molecule has 2 aromatic carbocycles. The Kier molecular flexibility index (Phi) is 36.6. The zero-order chi connectivity index (χ0) is 35.4. The van der Waals surface area contributed by atoms with Crippen LogP contribution in [-0.2, 0) is 4.43 Å². The number of hydrogen-bond donors (Lipinski definition) is 3. The molecule has 0 saturated heterocycles. The molecular formula is C36H73ClO4Si2. The van der Waals surface area contributed by atoms with Crippen LogP contribution in [0.1, 0.15) is 111 Å². The van der Waals surface area contributed by atoms with Crippen molar-refractivity contribution in [3.8, 4) is 11.5 Å². The van der Waals surface area contributed by atoms with Gasteiger partial charge in [0.15, 0.2) is 15.7 Å². The fraction of sp³-hybridized carbons (Fsp3) is 0.667. The Hall–Kier alpha value is -1.32. The Labute approximate surface area is 276 Å². The quantitative estimate of drug-likeness (QED) is 0.204. The van der Waals surface area contributed by atoms with Crippen molar-refractivity contribution in [3.05, 3.63) is 60.7 Å². The summed E-state index contributed by atoms with van der Waals surface area (Å²) in [6.07, 6.45) is 0. The molecule has 0 amide bonds. The van der Waals surface area contributed by atoms with E-state index in [-0.39, 0.29) is 0 Å². The van der Waals surface area contributed by atoms with Gasteiger partial charge in [-0.2, -0.15) is 11.1 Å². The lowest BCUT2D eigenvalue weighted by Gasteiger charge is -2.40. The predicted octanol–water partition coefficient (Wildman–Crippen LogP) is 12.7. The molecular weight excluding hydrogens is 588 g/mol. The number of benzene rings is 2. The molecule has 256 valence electrons. The number of phenols is 2. The van der Waals surface area contributed by atoms with E-state index in [9.17, 15) is 0 Å². The van der Waals surface area contributed by atoms with Gasteiger partial charge in [-0.25, -0.2) is 0 Å². The van der Waals surface area contributed by atoms with Gasteiger partial charge in [-0.15, -0.1) is 0 Å². The lowest BCUT2D eigenvalue weighted by Crippen LogP contribution is -2.46. The maximum atomic E-state index is 8.63. The van der Waals surface area contributed by atoms with Crippen LogP contribution in [0.4, 0.5) is 0 Å². The summed E-state index contributed by atoms with van der Waals surface area (Å²) in [6, 6.07) is 17.4. The average molecular weight is 662 g/mol. The molecule has 2 aromatic rings. The summed E-state index contributed by atoms with van der Waals surface area (Å²) in [4.78, 5) is 0. The Morgan fingerprint density at radius 1 is 0.488 bits per heavy atom. The summed E-state index contributed by atoms with van der Waals surface area (Å²) in [5.41, 5.74) is 4.19. The van der Waals surface area contributed by atoms with Crippen LogP contribution in [-0.4, -0.2) is 45.2 Å². The lowest BCUT2D eigenvalue weighted by molar-refractivity contribution is 0.360. The smallest absolute Gasteiger partial charge is 0.199 e. The van der Waals surface area contributed by atoms with Crippen LogP contribution < -0.4 is 0 Å². The molecule has 0 saturated carbocycles. The number of hydrogen-bond acceptors (Lipinski definition) is 4. The van der Waals surface area contributed by atoms with Crippen molar-refractivity contribution >= 4 is 26.8 Å². The van der Waals surface area contributed by atoms with E-state index in [0.29, 0.717) is 44.7 Å². The van der Waals surface area contributed by atoms with Crippen molar-refractivity contribution in [2.45, 2.75) is 144 Å². The van der Waals surface area contributed by atoms with E-state index in [2.05, 4.69) is 83.1 Å². The summed E-state index contributed by atoms with van der Waals surface area (Å²) < 4.78 is 5.86. The molecule has 0 atom stereocenters. The van der Waals surface area contributed by atoms with Gasteiger partial charge < -0.3 is 19.7 Å². The number of aliphatic hydroxyl groups excluding tert-OH is 1. The fourth-order valence-electron chi connectivity index (χ4n) is 5.56. The fourth-order valence-corrected chi connectivity index (χ4v) is 15.0. The summed E-state index contributed by atoms with van der Waals surface area (Å²) in [5.74, 6) is 0.644. The first-order valence-electron chi connectivity index (χ1n) is 16.2. The first-order valence-corrected chi connectivity index (χ1v) is 21.6. The molecule has 43 heavy (non-hydrogen) atoms. The topological polar surface area (TPSA) is 69.9 Å². The van der Waals surface area contributed by atoms with Gasteiger partial charge in [0.25, 0.3) is 0 Å². The van der Waals surface area contributed by atoms with E-state index >= 15 is 0 Å². The molecule has 0 heterocycles. The van der Waals surface area contributed by atoms with E-state index in [1.165, 1.54) is 0 Å². The highest BCUT2D eigenvalue weighted by molar-refractivity contribution is 7.22. The molecule has 0 aliphatic heterocycles. The van der Waals surface area contributed by atoms with E-state index in [1.807, 2.05) is 46.9 Å². The molecule has 2 rings (SSSR count). The van der Waals surface area contributed by atoms with Gasteiger partial charge in [-0.1, -0.05) is 147 Å². The molecule has 7 heteroatoms. The second-order valence-corrected chi connectivity index (χ2v) is 24.1. The van der Waals surface area contributed by atoms with Crippen LogP contribution in [0, 0.1) is 0 Å². The largest absolute Gasteiger partial charge is 0.508 e. The van der Waals surface area contributed by atoms with Crippen molar-refractivity contribution in [3.63, 3.8) is 0 Å². The summed E-state index contributed by atoms with van der Waals surface area (Å²) in [6.45, 7) is 35.4. The van der Waals surface area contributed by atoms with Crippen LogP contribution >= 0.6 is 11.1 Å². The first kappa shape index (κ1) is 51.3. The Bertz CT molecular complexity index is 718. The van der Waals surface area contributed by atoms with E-state index in [4.69, 9.17) is 30.8 Å². The number of phenolic OH excluding ortho intramolecular Hbond substituents is 2. The number of para-hydroxylation sites is 2. The van der Waals surface area contributed by atoms with E-state index < -0.39 is 15.7 Å². The SMILES string of the molecule is CC.CC.CC(C)[Si](Cl)(C(C)C)C(C)C.CO.CO[Si](C(C)C)(C(C)C)C(C)C.Oc1ccccc1.Oc1ccccc1. The molecule has 3 N–H and O–H groups in total. The van der Waals surface area contributed by atoms with Crippen LogP contribution in [0.25, 0.3) is 0 Å². The van der Waals surface area contributed by atoms with Crippen molar-refractivity contribution in [2.24, 2.45) is 0 Å². The molecule has 0 radical (unpaired) electrons. The van der Waals surface area contributed by atoms with Gasteiger partial charge in [0.2, 0.25) is 0 Å². The number of aromatic hydroxyl groups is 2. The maximum absolute atomic E-state index is 8.63. The Balaban J connectivity index is -0.000000143. The number of rotatable bonds is 7. The van der Waals surface area contributed by atoms with E-state index in [1.54, 1.807) is 48.5 Å². The minimum atomic E-state index is -1.51. The number of halogens is 1. The Morgan fingerprint density at radius 3 is 0.744 bits per heavy atom. The molecule has 0 aromatic heterocycles. The third-order valence-corrected chi connectivity index (χ3v) is 22.6. The van der Waals surface area contributed by atoms with Crippen molar-refractivity contribution < 1.29 is 19.7 Å². The second-order valence-electron chi connectivity index (χ2n) is 11.5. The van der Waals surface area contributed by atoms with Gasteiger partial charge in [0, 0.05) is 14.2 Å². The highest BCUT2D eigenvalue weighted by Gasteiger charge is 2.44. The van der Waals surface area contributed by atoms with Crippen LogP contribution in [0.3, 0.4) is 0 Å². The lowest BCUT2D eigenvalue weighted by atomic mass is 10.3. The summed E-state index contributed by atoms with van der Waals surface area (Å²) in [7, 11) is -0.116. The molecule has 0 aliphatic rings. The third-order valence-electron chi connectivity index (χ3n) is 7.23. The summed E-state index contributed by atoms with van der Waals surface area (Å²) >= 11 is 6.68. The highest BCUT2D eigenvalue weighted by atomic mass is 35.6. The van der Waals surface area contributed by atoms with Gasteiger partial charge in [-0.3, -0.25) is 0 Å². The molecule has 0 fully saturated rings. The molecule has 0 unspecified atom stereocenters. The maximum Gasteiger partial charge on any atom is 0.199 e. The zero-order valence-electron chi connectivity index (χ0n) is 31.4. The van der Waals surface area contributed by atoms with Crippen LogP contribution in [0.5, 0.6) is 11.5 Å². The standard InChI is InChI=1S/C10H24OSi.C9H21ClSi.2C6H6O.2C2H6.CH4O/c1-8(2)12(11-7,9(3)4)10(5)6;1-7(2)11(10,8(3)4)9(5)6;2*7-6-4-2-1-3-5-6;3*1-2/h8-10H,1-7H3;7-9H,1-6H3;2*1-5,7H;2*1-2H3;2H,1H3. The average Bonchev–Trinajstić information content (AvgIpc) is 2.97. The highest BCUT2D eigenvalue weighted by Crippen LogP contribution is 2.44. The van der Waals surface area contributed by atoms with Crippen LogP contribution in [0.2, 0.25) is 33.2 Å². The first-order chi connectivity index (χ1) is 20.0. The monoisotopic (exact) mass is 660 g/mol. The molecule has 0 spiro atoms. The van der Waals surface area contributed by atoms with Crippen molar-refractivity contribution in [1.29, 1.82) is 0 Å². The summed E-state index contributed by atoms with van der Waals surface area (Å²) in [5, 5.41) is 24.3. The van der Waals surface area contributed by atoms with Crippen molar-refractivity contribution in [2.75, 3.05) is 14.2 Å². The van der Waals surface area contributed by atoms with E-state index in [0.717, 1.165) is 7.11 Å². The third kappa shape index (κ3) is 21.1. The van der Waals surface area contributed by atoms with Gasteiger partial charge in [0.05, 0.1) is 0 Å². The van der Waals surface area contributed by atoms with Gasteiger partial charge in [-0.05, 0) is 57.5 Å². The Morgan fingerprint density at radius 2 is 0.698 bits per heavy atom. The van der Waals surface area contributed by atoms with Crippen LogP contribution in [0.15, 0.2) is 60.7 Å². The van der Waals surface area contributed by atoms with Gasteiger partial charge >= 0.3 is 0 Å². The molecule has 0 aliphatic carbocycles. The second kappa shape index (κ2) is 30.7. The van der Waals surface area contributed by atoms with Gasteiger partial charge in [0.1, 0.15) is 11.5 Å². The molecule has 0 bridgehead atoms. The zero-order valence-corrected chi connectivity index (χ0v) is 34.1. The molecule has 4 nitrogen and oxygen atoms in total.